The average molecular weight is 275 g/mol. The van der Waals surface area contributed by atoms with E-state index in [4.69, 9.17) is 17.3 Å². The molecule has 0 aliphatic heterocycles. The summed E-state index contributed by atoms with van der Waals surface area (Å²) in [6.45, 7) is 1.96. The van der Waals surface area contributed by atoms with Crippen LogP contribution in [0.15, 0.2) is 30.5 Å². The van der Waals surface area contributed by atoms with Gasteiger partial charge in [-0.1, -0.05) is 23.7 Å². The van der Waals surface area contributed by atoms with Gasteiger partial charge in [-0.25, -0.2) is 4.98 Å². The molecule has 0 spiro atoms. The minimum Gasteiger partial charge on any atom is -0.323 e. The number of nitrogens with zero attached hydrogens (tertiary/aromatic N) is 1. The lowest BCUT2D eigenvalue weighted by Crippen LogP contribution is -2.01. The van der Waals surface area contributed by atoms with Gasteiger partial charge in [0.15, 0.2) is 0 Å². The molecule has 0 saturated carbocycles. The third-order valence-electron chi connectivity index (χ3n) is 2.06. The van der Waals surface area contributed by atoms with Gasteiger partial charge in [0.1, 0.15) is 5.01 Å². The first-order chi connectivity index (χ1) is 7.16. The second kappa shape index (κ2) is 5.64. The highest BCUT2D eigenvalue weighted by Crippen LogP contribution is 2.28. The van der Waals surface area contributed by atoms with E-state index in [2.05, 4.69) is 4.98 Å². The second-order valence-corrected chi connectivity index (χ2v) is 4.86. The zero-order valence-corrected chi connectivity index (χ0v) is 11.1. The fraction of sp³-hybridized carbons (Fsp3) is 0.182. The van der Waals surface area contributed by atoms with Gasteiger partial charge < -0.3 is 5.73 Å². The monoisotopic (exact) mass is 274 g/mol. The molecule has 2 rings (SSSR count). The molecular formula is C11H12Cl2N2S. The van der Waals surface area contributed by atoms with Crippen molar-refractivity contribution < 1.29 is 0 Å². The van der Waals surface area contributed by atoms with Crippen molar-refractivity contribution in [1.29, 1.82) is 0 Å². The zero-order chi connectivity index (χ0) is 10.8. The molecule has 86 valence electrons. The van der Waals surface area contributed by atoms with E-state index < -0.39 is 0 Å². The van der Waals surface area contributed by atoms with Crippen molar-refractivity contribution in [1.82, 2.24) is 4.98 Å². The van der Waals surface area contributed by atoms with E-state index >= 15 is 0 Å². The first-order valence-electron chi connectivity index (χ1n) is 4.64. The highest BCUT2D eigenvalue weighted by atomic mass is 35.5. The number of benzene rings is 1. The van der Waals surface area contributed by atoms with Crippen LogP contribution in [0.5, 0.6) is 0 Å². The van der Waals surface area contributed by atoms with Crippen LogP contribution in [0, 0.1) is 0 Å². The first kappa shape index (κ1) is 13.5. The van der Waals surface area contributed by atoms with Gasteiger partial charge in [0.25, 0.3) is 0 Å². The van der Waals surface area contributed by atoms with Crippen molar-refractivity contribution in [2.24, 2.45) is 5.73 Å². The molecule has 2 nitrogen and oxygen atoms in total. The molecule has 1 aromatic carbocycles. The van der Waals surface area contributed by atoms with Gasteiger partial charge in [0.05, 0.1) is 0 Å². The standard InChI is InChI=1S/C11H11ClN2S.ClH/c1-7(13)10-6-14-11(15-10)8-2-4-9(12)5-3-8;/h2-7H,13H2,1H3;1H/t7-;/m0./s1. The molecule has 5 heteroatoms. The van der Waals surface area contributed by atoms with E-state index in [1.165, 1.54) is 0 Å². The Bertz CT molecular complexity index is 451. The Hall–Kier alpha value is -0.610. The summed E-state index contributed by atoms with van der Waals surface area (Å²) in [7, 11) is 0. The zero-order valence-electron chi connectivity index (χ0n) is 8.68. The summed E-state index contributed by atoms with van der Waals surface area (Å²) in [5.74, 6) is 0. The third kappa shape index (κ3) is 2.95. The number of thiazole rings is 1. The smallest absolute Gasteiger partial charge is 0.123 e. The molecule has 0 radical (unpaired) electrons. The summed E-state index contributed by atoms with van der Waals surface area (Å²) in [4.78, 5) is 5.43. The molecule has 0 bridgehead atoms. The van der Waals surface area contributed by atoms with Crippen molar-refractivity contribution in [3.63, 3.8) is 0 Å². The first-order valence-corrected chi connectivity index (χ1v) is 5.83. The summed E-state index contributed by atoms with van der Waals surface area (Å²) < 4.78 is 0. The maximum Gasteiger partial charge on any atom is 0.123 e. The minimum atomic E-state index is 0. The maximum absolute atomic E-state index is 5.82. The lowest BCUT2D eigenvalue weighted by atomic mass is 10.2. The molecule has 1 aromatic heterocycles. The lowest BCUT2D eigenvalue weighted by molar-refractivity contribution is 0.835. The van der Waals surface area contributed by atoms with E-state index in [-0.39, 0.29) is 18.4 Å². The topological polar surface area (TPSA) is 38.9 Å². The Kier molecular flexibility index (Phi) is 4.74. The van der Waals surface area contributed by atoms with E-state index in [1.807, 2.05) is 37.4 Å². The second-order valence-electron chi connectivity index (χ2n) is 3.36. The normalized spacial score (nSPS) is 11.9. The Morgan fingerprint density at radius 3 is 2.44 bits per heavy atom. The summed E-state index contributed by atoms with van der Waals surface area (Å²) >= 11 is 7.44. The fourth-order valence-electron chi connectivity index (χ4n) is 1.22. The van der Waals surface area contributed by atoms with E-state index in [0.29, 0.717) is 0 Å². The van der Waals surface area contributed by atoms with Gasteiger partial charge in [-0.3, -0.25) is 0 Å². The molecule has 0 amide bonds. The molecule has 0 saturated heterocycles. The van der Waals surface area contributed by atoms with E-state index in [1.54, 1.807) is 11.3 Å². The molecule has 16 heavy (non-hydrogen) atoms. The van der Waals surface area contributed by atoms with Crippen LogP contribution in [0.2, 0.25) is 5.02 Å². The molecule has 0 fully saturated rings. The fourth-order valence-corrected chi connectivity index (χ4v) is 2.22. The van der Waals surface area contributed by atoms with Crippen LogP contribution in [0.25, 0.3) is 10.6 Å². The predicted molar refractivity (Wildman–Crippen MR) is 72.4 cm³/mol. The van der Waals surface area contributed by atoms with Crippen LogP contribution < -0.4 is 5.73 Å². The number of hydrogen-bond donors (Lipinski definition) is 1. The van der Waals surface area contributed by atoms with Crippen LogP contribution in [-0.4, -0.2) is 4.98 Å². The summed E-state index contributed by atoms with van der Waals surface area (Å²) in [5.41, 5.74) is 6.86. The van der Waals surface area contributed by atoms with Crippen molar-refractivity contribution in [2.45, 2.75) is 13.0 Å². The van der Waals surface area contributed by atoms with Crippen LogP contribution in [-0.2, 0) is 0 Å². The van der Waals surface area contributed by atoms with Gasteiger partial charge in [0.2, 0.25) is 0 Å². The average Bonchev–Trinajstić information content (AvgIpc) is 2.68. The van der Waals surface area contributed by atoms with Crippen LogP contribution in [0.1, 0.15) is 17.8 Å². The molecule has 0 aliphatic carbocycles. The van der Waals surface area contributed by atoms with Crippen LogP contribution >= 0.6 is 35.3 Å². The van der Waals surface area contributed by atoms with E-state index in [9.17, 15) is 0 Å². The summed E-state index contributed by atoms with van der Waals surface area (Å²) in [5, 5.41) is 1.72. The molecule has 2 N–H and O–H groups in total. The lowest BCUT2D eigenvalue weighted by Gasteiger charge is -1.98. The van der Waals surface area contributed by atoms with Gasteiger partial charge in [-0.15, -0.1) is 23.7 Å². The van der Waals surface area contributed by atoms with Gasteiger partial charge >= 0.3 is 0 Å². The number of aromatic nitrogens is 1. The van der Waals surface area contributed by atoms with Crippen molar-refractivity contribution in [3.05, 3.63) is 40.4 Å². The number of halogens is 2. The Morgan fingerprint density at radius 1 is 1.31 bits per heavy atom. The summed E-state index contributed by atoms with van der Waals surface area (Å²) in [6.07, 6.45) is 1.83. The number of rotatable bonds is 2. The Labute approximate surface area is 110 Å². The molecular weight excluding hydrogens is 263 g/mol. The minimum absolute atomic E-state index is 0. The molecule has 1 atom stereocenters. The van der Waals surface area contributed by atoms with Crippen LogP contribution in [0.4, 0.5) is 0 Å². The Balaban J connectivity index is 0.00000128. The summed E-state index contributed by atoms with van der Waals surface area (Å²) in [6, 6.07) is 7.70. The molecule has 0 aliphatic rings. The van der Waals surface area contributed by atoms with Gasteiger partial charge in [-0.2, -0.15) is 0 Å². The molecule has 2 aromatic rings. The van der Waals surface area contributed by atoms with Gasteiger partial charge in [0, 0.05) is 27.7 Å². The van der Waals surface area contributed by atoms with Gasteiger partial charge in [-0.05, 0) is 19.1 Å². The number of hydrogen-bond acceptors (Lipinski definition) is 3. The number of nitrogens with two attached hydrogens (primary N) is 1. The third-order valence-corrected chi connectivity index (χ3v) is 3.56. The van der Waals surface area contributed by atoms with Crippen molar-refractivity contribution in [3.8, 4) is 10.6 Å². The van der Waals surface area contributed by atoms with Crippen LogP contribution in [0.3, 0.4) is 0 Å². The highest BCUT2D eigenvalue weighted by molar-refractivity contribution is 7.15. The van der Waals surface area contributed by atoms with Crippen molar-refractivity contribution in [2.75, 3.05) is 0 Å². The predicted octanol–water partition coefficient (Wildman–Crippen LogP) is 3.91. The Morgan fingerprint density at radius 2 is 1.94 bits per heavy atom. The maximum atomic E-state index is 5.82. The SMILES string of the molecule is C[C@H](N)c1cnc(-c2ccc(Cl)cc2)s1.Cl. The largest absolute Gasteiger partial charge is 0.323 e. The molecule has 1 heterocycles. The highest BCUT2D eigenvalue weighted by Gasteiger charge is 2.07. The van der Waals surface area contributed by atoms with Crippen molar-refractivity contribution >= 4 is 35.3 Å². The molecule has 0 unspecified atom stereocenters. The van der Waals surface area contributed by atoms with E-state index in [0.717, 1.165) is 20.5 Å². The quantitative estimate of drug-likeness (QED) is 0.902.